The topological polar surface area (TPSA) is 47.6 Å². The largest absolute Gasteiger partial charge is 0.394 e. The van der Waals surface area contributed by atoms with Crippen molar-refractivity contribution in [2.75, 3.05) is 13.2 Å². The molecule has 0 spiro atoms. The van der Waals surface area contributed by atoms with Gasteiger partial charge in [-0.25, -0.2) is 0 Å². The van der Waals surface area contributed by atoms with Gasteiger partial charge in [0.15, 0.2) is 0 Å². The number of rotatable bonds is 4. The second kappa shape index (κ2) is 6.97. The number of nitrogens with zero attached hydrogens (tertiary/aromatic N) is 1. The van der Waals surface area contributed by atoms with E-state index < -0.39 is 0 Å². The molecule has 2 rings (SSSR count). The maximum atomic E-state index is 5.39. The van der Waals surface area contributed by atoms with Crippen LogP contribution in [0.15, 0.2) is 41.1 Å². The predicted molar refractivity (Wildman–Crippen MR) is 75.3 cm³/mol. The van der Waals surface area contributed by atoms with E-state index in [4.69, 9.17) is 10.6 Å². The summed E-state index contributed by atoms with van der Waals surface area (Å²) < 4.78 is 0. The number of benzene rings is 1. The van der Waals surface area contributed by atoms with Crippen LogP contribution in [0.4, 0.5) is 0 Å². The van der Waals surface area contributed by atoms with Crippen molar-refractivity contribution in [2.24, 2.45) is 10.9 Å². The van der Waals surface area contributed by atoms with Crippen molar-refractivity contribution < 1.29 is 4.84 Å². The highest BCUT2D eigenvalue weighted by Gasteiger charge is 2.13. The lowest BCUT2D eigenvalue weighted by Gasteiger charge is -2.16. The summed E-state index contributed by atoms with van der Waals surface area (Å²) in [6.07, 6.45) is 6.72. The lowest BCUT2D eigenvalue weighted by molar-refractivity contribution is 0.151. The normalized spacial score (nSPS) is 20.3. The van der Waals surface area contributed by atoms with Gasteiger partial charge in [0.25, 0.3) is 0 Å². The minimum atomic E-state index is 0.488. The smallest absolute Gasteiger partial charge is 0.129 e. The van der Waals surface area contributed by atoms with Gasteiger partial charge >= 0.3 is 0 Å². The molecule has 3 heteroatoms. The van der Waals surface area contributed by atoms with Crippen LogP contribution in [0.25, 0.3) is 6.08 Å². The molecule has 1 aromatic carbocycles. The van der Waals surface area contributed by atoms with Crippen molar-refractivity contribution in [3.8, 4) is 0 Å². The zero-order valence-corrected chi connectivity index (χ0v) is 10.6. The van der Waals surface area contributed by atoms with E-state index in [2.05, 4.69) is 35.5 Å². The Balaban J connectivity index is 2.12. The summed E-state index contributed by atoms with van der Waals surface area (Å²) in [6.45, 7) is 0.997. The van der Waals surface area contributed by atoms with Gasteiger partial charge in [0.1, 0.15) is 6.61 Å². The molecule has 1 saturated carbocycles. The number of hydrogen-bond donors (Lipinski definition) is 1. The summed E-state index contributed by atoms with van der Waals surface area (Å²) in [7, 11) is 0. The highest BCUT2D eigenvalue weighted by molar-refractivity contribution is 6.03. The monoisotopic (exact) mass is 244 g/mol. The van der Waals surface area contributed by atoms with Crippen LogP contribution in [0.1, 0.15) is 31.2 Å². The summed E-state index contributed by atoms with van der Waals surface area (Å²) in [5, 5.41) is 4.22. The zero-order chi connectivity index (χ0) is 12.6. The molecule has 0 bridgehead atoms. The second-order valence-electron chi connectivity index (χ2n) is 4.45. The van der Waals surface area contributed by atoms with E-state index in [0.717, 1.165) is 18.6 Å². The molecule has 0 atom stereocenters. The Bertz CT molecular complexity index is 423. The van der Waals surface area contributed by atoms with Crippen LogP contribution in [0.3, 0.4) is 0 Å². The molecule has 0 aliphatic heterocycles. The van der Waals surface area contributed by atoms with Gasteiger partial charge in [0, 0.05) is 6.54 Å². The van der Waals surface area contributed by atoms with Crippen molar-refractivity contribution in [1.29, 1.82) is 0 Å². The van der Waals surface area contributed by atoms with Gasteiger partial charge in [-0.15, -0.1) is 0 Å². The summed E-state index contributed by atoms with van der Waals surface area (Å²) in [5.74, 6) is 0. The Hall–Kier alpha value is -1.61. The van der Waals surface area contributed by atoms with Gasteiger partial charge in [-0.1, -0.05) is 35.5 Å². The van der Waals surface area contributed by atoms with E-state index in [1.54, 1.807) is 0 Å². The van der Waals surface area contributed by atoms with Crippen molar-refractivity contribution in [3.05, 3.63) is 41.5 Å². The zero-order valence-electron chi connectivity index (χ0n) is 10.6. The van der Waals surface area contributed by atoms with Crippen LogP contribution in [-0.4, -0.2) is 18.9 Å². The fourth-order valence-electron chi connectivity index (χ4n) is 2.10. The maximum Gasteiger partial charge on any atom is 0.129 e. The Morgan fingerprint density at radius 1 is 1.17 bits per heavy atom. The van der Waals surface area contributed by atoms with E-state index in [9.17, 15) is 0 Å². The first-order valence-corrected chi connectivity index (χ1v) is 6.55. The summed E-state index contributed by atoms with van der Waals surface area (Å²) >= 11 is 0. The van der Waals surface area contributed by atoms with Crippen LogP contribution in [-0.2, 0) is 4.84 Å². The summed E-state index contributed by atoms with van der Waals surface area (Å²) in [4.78, 5) is 5.21. The van der Waals surface area contributed by atoms with E-state index in [0.29, 0.717) is 13.2 Å². The predicted octanol–water partition coefficient (Wildman–Crippen LogP) is 2.98. The van der Waals surface area contributed by atoms with Gasteiger partial charge in [0.05, 0.1) is 5.71 Å². The molecule has 0 aromatic heterocycles. The minimum Gasteiger partial charge on any atom is -0.394 e. The molecule has 18 heavy (non-hydrogen) atoms. The molecule has 0 radical (unpaired) electrons. The van der Waals surface area contributed by atoms with E-state index in [1.165, 1.54) is 24.0 Å². The number of hydrogen-bond acceptors (Lipinski definition) is 3. The molecular weight excluding hydrogens is 224 g/mol. The minimum absolute atomic E-state index is 0.488. The highest BCUT2D eigenvalue weighted by Crippen LogP contribution is 2.23. The van der Waals surface area contributed by atoms with Crippen LogP contribution in [0.2, 0.25) is 0 Å². The lowest BCUT2D eigenvalue weighted by Crippen LogP contribution is -2.12. The van der Waals surface area contributed by atoms with Gasteiger partial charge < -0.3 is 10.6 Å². The molecular formula is C15H20N2O. The fraction of sp³-hybridized carbons (Fsp3) is 0.400. The third-order valence-corrected chi connectivity index (χ3v) is 3.00. The molecule has 0 unspecified atom stereocenters. The molecule has 96 valence electrons. The van der Waals surface area contributed by atoms with E-state index >= 15 is 0 Å². The molecule has 1 aromatic rings. The average Bonchev–Trinajstić information content (AvgIpc) is 2.42. The SMILES string of the molecule is NCCON=C1CCCCC1=Cc1ccccc1. The standard InChI is InChI=1S/C15H20N2O/c16-10-11-18-17-15-9-5-4-8-14(15)12-13-6-2-1-3-7-13/h1-3,6-7,12H,4-5,8-11,16H2. The Morgan fingerprint density at radius 2 is 1.94 bits per heavy atom. The van der Waals surface area contributed by atoms with E-state index in [1.807, 2.05) is 6.07 Å². The van der Waals surface area contributed by atoms with Gasteiger partial charge in [-0.05, 0) is 42.9 Å². The summed E-state index contributed by atoms with van der Waals surface area (Å²) in [5.41, 5.74) is 8.99. The number of oxime groups is 1. The summed E-state index contributed by atoms with van der Waals surface area (Å²) in [6, 6.07) is 10.4. The van der Waals surface area contributed by atoms with Crippen LogP contribution in [0, 0.1) is 0 Å². The molecule has 0 heterocycles. The molecule has 1 aliphatic carbocycles. The number of allylic oxidation sites excluding steroid dienone is 1. The molecule has 0 saturated heterocycles. The van der Waals surface area contributed by atoms with Crippen molar-refractivity contribution in [1.82, 2.24) is 0 Å². The fourth-order valence-corrected chi connectivity index (χ4v) is 2.10. The van der Waals surface area contributed by atoms with Crippen LogP contribution < -0.4 is 5.73 Å². The van der Waals surface area contributed by atoms with Crippen molar-refractivity contribution in [2.45, 2.75) is 25.7 Å². The Kier molecular flexibility index (Phi) is 4.97. The second-order valence-corrected chi connectivity index (χ2v) is 4.45. The third-order valence-electron chi connectivity index (χ3n) is 3.00. The van der Waals surface area contributed by atoms with Gasteiger partial charge in [-0.2, -0.15) is 0 Å². The Labute approximate surface area is 108 Å². The number of nitrogens with two attached hydrogens (primary N) is 1. The highest BCUT2D eigenvalue weighted by atomic mass is 16.6. The van der Waals surface area contributed by atoms with Gasteiger partial charge in [-0.3, -0.25) is 0 Å². The van der Waals surface area contributed by atoms with Crippen LogP contribution >= 0.6 is 0 Å². The first-order valence-electron chi connectivity index (χ1n) is 6.55. The molecule has 1 fully saturated rings. The van der Waals surface area contributed by atoms with Crippen molar-refractivity contribution in [3.63, 3.8) is 0 Å². The lowest BCUT2D eigenvalue weighted by atomic mass is 9.91. The molecule has 1 aliphatic rings. The quantitative estimate of drug-likeness (QED) is 0.654. The molecule has 2 N–H and O–H groups in total. The Morgan fingerprint density at radius 3 is 2.72 bits per heavy atom. The van der Waals surface area contributed by atoms with Crippen LogP contribution in [0.5, 0.6) is 0 Å². The first kappa shape index (κ1) is 12.8. The molecule has 3 nitrogen and oxygen atoms in total. The van der Waals surface area contributed by atoms with E-state index in [-0.39, 0.29) is 0 Å². The van der Waals surface area contributed by atoms with Gasteiger partial charge in [0.2, 0.25) is 0 Å². The van der Waals surface area contributed by atoms with Crippen molar-refractivity contribution >= 4 is 11.8 Å². The molecule has 0 amide bonds. The maximum absolute atomic E-state index is 5.39. The third kappa shape index (κ3) is 3.70. The average molecular weight is 244 g/mol. The first-order chi connectivity index (χ1) is 8.90.